The molecule has 2 aliphatic rings. The maximum atomic E-state index is 11.9. The van der Waals surface area contributed by atoms with Crippen molar-refractivity contribution in [1.82, 2.24) is 0 Å². The Bertz CT molecular complexity index is 517. The molecule has 3 rings (SSSR count). The van der Waals surface area contributed by atoms with Crippen LogP contribution in [0, 0.1) is 5.92 Å². The molecule has 1 heterocycles. The molecule has 1 unspecified atom stereocenters. The summed E-state index contributed by atoms with van der Waals surface area (Å²) in [6.45, 7) is 3.94. The van der Waals surface area contributed by atoms with Crippen LogP contribution in [0.25, 0.3) is 0 Å². The molecule has 1 saturated carbocycles. The van der Waals surface area contributed by atoms with Crippen LogP contribution in [0.3, 0.4) is 0 Å². The quantitative estimate of drug-likeness (QED) is 0.798. The van der Waals surface area contributed by atoms with Gasteiger partial charge in [-0.3, -0.25) is 4.79 Å². The van der Waals surface area contributed by atoms with E-state index in [-0.39, 0.29) is 11.3 Å². The zero-order chi connectivity index (χ0) is 13.6. The molecule has 1 aliphatic heterocycles. The standard InChI is InChI=1S/C16H20ClNO/c1-16(2)12-9-11(7-8-13(12)18-15(16)19)14(17)10-5-3-4-6-10/h7-10,14H,3-6H2,1-2H3,(H,18,19). The minimum Gasteiger partial charge on any atom is -0.325 e. The number of carbonyl (C=O) groups is 1. The average molecular weight is 278 g/mol. The minimum atomic E-state index is -0.447. The third-order valence-electron chi connectivity index (χ3n) is 4.66. The van der Waals surface area contributed by atoms with Crippen molar-refractivity contribution < 1.29 is 4.79 Å². The number of amides is 1. The molecule has 0 radical (unpaired) electrons. The van der Waals surface area contributed by atoms with Crippen LogP contribution in [0.5, 0.6) is 0 Å². The van der Waals surface area contributed by atoms with Gasteiger partial charge in [-0.25, -0.2) is 0 Å². The molecule has 2 nitrogen and oxygen atoms in total. The number of nitrogens with one attached hydrogen (secondary N) is 1. The van der Waals surface area contributed by atoms with Crippen molar-refractivity contribution in [2.75, 3.05) is 5.32 Å². The third kappa shape index (κ3) is 2.06. The number of benzene rings is 1. The van der Waals surface area contributed by atoms with Crippen LogP contribution in [0.1, 0.15) is 56.0 Å². The number of fused-ring (bicyclic) bond motifs is 1. The minimum absolute atomic E-state index is 0.0756. The predicted octanol–water partition coefficient (Wildman–Crippen LogP) is 4.39. The molecule has 1 N–H and O–H groups in total. The van der Waals surface area contributed by atoms with Gasteiger partial charge in [0.2, 0.25) is 5.91 Å². The van der Waals surface area contributed by atoms with E-state index in [0.717, 1.165) is 16.8 Å². The van der Waals surface area contributed by atoms with Crippen molar-refractivity contribution in [2.24, 2.45) is 5.92 Å². The molecule has 3 heteroatoms. The van der Waals surface area contributed by atoms with Gasteiger partial charge in [0.15, 0.2) is 0 Å². The smallest absolute Gasteiger partial charge is 0.234 e. The summed E-state index contributed by atoms with van der Waals surface area (Å²) in [4.78, 5) is 11.9. The molecule has 1 amide bonds. The van der Waals surface area contributed by atoms with Crippen molar-refractivity contribution in [2.45, 2.75) is 50.3 Å². The Morgan fingerprint density at radius 2 is 2.00 bits per heavy atom. The summed E-state index contributed by atoms with van der Waals surface area (Å²) in [6.07, 6.45) is 5.05. The first-order valence-corrected chi connectivity index (χ1v) is 7.54. The normalized spacial score (nSPS) is 23.2. The zero-order valence-corrected chi connectivity index (χ0v) is 12.3. The fourth-order valence-corrected chi connectivity index (χ4v) is 3.67. The average Bonchev–Trinajstić information content (AvgIpc) is 2.98. The van der Waals surface area contributed by atoms with E-state index in [1.807, 2.05) is 19.9 Å². The molecule has 1 aromatic rings. The van der Waals surface area contributed by atoms with Gasteiger partial charge in [-0.1, -0.05) is 25.0 Å². The third-order valence-corrected chi connectivity index (χ3v) is 5.27. The van der Waals surface area contributed by atoms with Gasteiger partial charge in [-0.15, -0.1) is 11.6 Å². The van der Waals surface area contributed by atoms with Crippen molar-refractivity contribution in [3.8, 4) is 0 Å². The monoisotopic (exact) mass is 277 g/mol. The maximum Gasteiger partial charge on any atom is 0.234 e. The number of rotatable bonds is 2. The van der Waals surface area contributed by atoms with E-state index in [0.29, 0.717) is 5.92 Å². The van der Waals surface area contributed by atoms with Crippen LogP contribution < -0.4 is 5.32 Å². The molecule has 1 aromatic carbocycles. The van der Waals surface area contributed by atoms with E-state index in [1.165, 1.54) is 25.7 Å². The lowest BCUT2D eigenvalue weighted by atomic mass is 9.84. The predicted molar refractivity (Wildman–Crippen MR) is 78.6 cm³/mol. The second kappa shape index (κ2) is 4.52. The highest BCUT2D eigenvalue weighted by molar-refractivity contribution is 6.21. The van der Waals surface area contributed by atoms with Crippen LogP contribution in [-0.2, 0) is 10.2 Å². The first-order chi connectivity index (χ1) is 9.00. The van der Waals surface area contributed by atoms with Gasteiger partial charge in [0.05, 0.1) is 10.8 Å². The lowest BCUT2D eigenvalue weighted by Gasteiger charge is -2.20. The number of hydrogen-bond acceptors (Lipinski definition) is 1. The highest BCUT2D eigenvalue weighted by Crippen LogP contribution is 2.43. The van der Waals surface area contributed by atoms with Crippen LogP contribution in [0.15, 0.2) is 18.2 Å². The fraction of sp³-hybridized carbons (Fsp3) is 0.562. The molecule has 0 saturated heterocycles. The first-order valence-electron chi connectivity index (χ1n) is 7.10. The van der Waals surface area contributed by atoms with E-state index in [4.69, 9.17) is 11.6 Å². The zero-order valence-electron chi connectivity index (χ0n) is 11.5. The molecule has 0 bridgehead atoms. The molecule has 0 aromatic heterocycles. The molecule has 0 spiro atoms. The van der Waals surface area contributed by atoms with Crippen LogP contribution >= 0.6 is 11.6 Å². The second-order valence-electron chi connectivity index (χ2n) is 6.33. The highest BCUT2D eigenvalue weighted by atomic mass is 35.5. The van der Waals surface area contributed by atoms with E-state index < -0.39 is 5.41 Å². The van der Waals surface area contributed by atoms with Gasteiger partial charge in [0, 0.05) is 5.69 Å². The lowest BCUT2D eigenvalue weighted by Crippen LogP contribution is -2.26. The van der Waals surface area contributed by atoms with E-state index >= 15 is 0 Å². The molecule has 19 heavy (non-hydrogen) atoms. The topological polar surface area (TPSA) is 29.1 Å². The van der Waals surface area contributed by atoms with E-state index in [2.05, 4.69) is 17.4 Å². The van der Waals surface area contributed by atoms with E-state index in [1.54, 1.807) is 0 Å². The largest absolute Gasteiger partial charge is 0.325 e. The maximum absolute atomic E-state index is 11.9. The number of alkyl halides is 1. The molecule has 1 aliphatic carbocycles. The second-order valence-corrected chi connectivity index (χ2v) is 6.80. The molecule has 1 atom stereocenters. The van der Waals surface area contributed by atoms with Gasteiger partial charge >= 0.3 is 0 Å². The summed E-state index contributed by atoms with van der Waals surface area (Å²) in [7, 11) is 0. The van der Waals surface area contributed by atoms with Gasteiger partial charge in [-0.2, -0.15) is 0 Å². The Kier molecular flexibility index (Phi) is 3.09. The summed E-state index contributed by atoms with van der Waals surface area (Å²) < 4.78 is 0. The molecular weight excluding hydrogens is 258 g/mol. The van der Waals surface area contributed by atoms with Gasteiger partial charge < -0.3 is 5.32 Å². The number of halogens is 1. The van der Waals surface area contributed by atoms with Crippen LogP contribution in [0.2, 0.25) is 0 Å². The van der Waals surface area contributed by atoms with Crippen molar-refractivity contribution >= 4 is 23.2 Å². The number of anilines is 1. The Morgan fingerprint density at radius 1 is 1.32 bits per heavy atom. The fourth-order valence-electron chi connectivity index (χ4n) is 3.28. The Labute approximate surface area is 119 Å². The molecule has 102 valence electrons. The Hall–Kier alpha value is -1.02. The van der Waals surface area contributed by atoms with Crippen LogP contribution in [0.4, 0.5) is 5.69 Å². The van der Waals surface area contributed by atoms with Gasteiger partial charge in [0.1, 0.15) is 0 Å². The molecule has 1 fully saturated rings. The summed E-state index contributed by atoms with van der Waals surface area (Å²) in [5.74, 6) is 0.666. The van der Waals surface area contributed by atoms with Crippen molar-refractivity contribution in [3.63, 3.8) is 0 Å². The van der Waals surface area contributed by atoms with Crippen molar-refractivity contribution in [3.05, 3.63) is 29.3 Å². The highest BCUT2D eigenvalue weighted by Gasteiger charge is 2.39. The first kappa shape index (κ1) is 13.0. The van der Waals surface area contributed by atoms with Crippen LogP contribution in [-0.4, -0.2) is 5.91 Å². The summed E-state index contributed by atoms with van der Waals surface area (Å²) >= 11 is 6.64. The summed E-state index contributed by atoms with van der Waals surface area (Å²) in [6, 6.07) is 6.20. The Balaban J connectivity index is 1.94. The summed E-state index contributed by atoms with van der Waals surface area (Å²) in [5, 5.41) is 3.02. The molecular formula is C16H20ClNO. The SMILES string of the molecule is CC1(C)C(=O)Nc2ccc(C(Cl)C3CCCC3)cc21. The Morgan fingerprint density at radius 3 is 2.68 bits per heavy atom. The number of hydrogen-bond donors (Lipinski definition) is 1. The lowest BCUT2D eigenvalue weighted by molar-refractivity contribution is -0.119. The summed E-state index contributed by atoms with van der Waals surface area (Å²) in [5.41, 5.74) is 2.74. The van der Waals surface area contributed by atoms with Gasteiger partial charge in [0.25, 0.3) is 0 Å². The van der Waals surface area contributed by atoms with Crippen molar-refractivity contribution in [1.29, 1.82) is 0 Å². The number of carbonyl (C=O) groups excluding carboxylic acids is 1. The van der Waals surface area contributed by atoms with E-state index in [9.17, 15) is 4.79 Å². The van der Waals surface area contributed by atoms with Gasteiger partial charge in [-0.05, 0) is 49.8 Å².